The third kappa shape index (κ3) is 4.77. The van der Waals surface area contributed by atoms with E-state index in [4.69, 9.17) is 9.47 Å². The van der Waals surface area contributed by atoms with Gasteiger partial charge in [0.1, 0.15) is 11.9 Å². The number of allylic oxidation sites excluding steroid dienone is 1. The van der Waals surface area contributed by atoms with Crippen LogP contribution in [0.5, 0.6) is 0 Å². The molecule has 4 aliphatic rings. The second kappa shape index (κ2) is 10.7. The number of Topliss-reactive ketones (excluding diaryl/α,β-unsaturated/α-hetero) is 1. The molecule has 0 aromatic heterocycles. The first-order valence-electron chi connectivity index (χ1n) is 14.1. The van der Waals surface area contributed by atoms with Crippen molar-refractivity contribution in [1.82, 2.24) is 5.32 Å². The Balaban J connectivity index is 1.59. The molecule has 9 heteroatoms. The van der Waals surface area contributed by atoms with E-state index in [0.29, 0.717) is 29.3 Å². The molecule has 216 valence electrons. The summed E-state index contributed by atoms with van der Waals surface area (Å²) < 4.78 is 11.2. The summed E-state index contributed by atoms with van der Waals surface area (Å²) in [5, 5.41) is 15.3. The van der Waals surface area contributed by atoms with Crippen LogP contribution in [0.15, 0.2) is 28.9 Å². The lowest BCUT2D eigenvalue weighted by Gasteiger charge is -2.61. The van der Waals surface area contributed by atoms with Crippen LogP contribution in [-0.4, -0.2) is 59.1 Å². The minimum atomic E-state index is -0.696. The Bertz CT molecular complexity index is 1120. The zero-order chi connectivity index (χ0) is 28.9. The fourth-order valence-corrected chi connectivity index (χ4v) is 8.92. The van der Waals surface area contributed by atoms with Gasteiger partial charge in [-0.2, -0.15) is 0 Å². The summed E-state index contributed by atoms with van der Waals surface area (Å²) >= 11 is 1.22. The van der Waals surface area contributed by atoms with Crippen molar-refractivity contribution in [2.45, 2.75) is 91.9 Å². The Morgan fingerprint density at radius 3 is 2.56 bits per heavy atom. The van der Waals surface area contributed by atoms with Crippen LogP contribution in [0.1, 0.15) is 73.6 Å². The van der Waals surface area contributed by atoms with E-state index in [1.54, 1.807) is 13.0 Å². The lowest BCUT2D eigenvalue weighted by molar-refractivity contribution is -0.205. The van der Waals surface area contributed by atoms with E-state index < -0.39 is 41.0 Å². The largest absolute Gasteiger partial charge is 0.466 e. The number of nitrogens with one attached hydrogen (secondary N) is 1. The second-order valence-corrected chi connectivity index (χ2v) is 13.6. The summed E-state index contributed by atoms with van der Waals surface area (Å²) in [6.07, 6.45) is 4.06. The molecule has 0 saturated heterocycles. The first kappa shape index (κ1) is 29.8. The van der Waals surface area contributed by atoms with Gasteiger partial charge in [-0.05, 0) is 56.8 Å². The number of nitrogens with zero attached hydrogens (tertiary/aromatic N) is 1. The molecule has 1 unspecified atom stereocenters. The van der Waals surface area contributed by atoms with Crippen LogP contribution < -0.4 is 5.32 Å². The van der Waals surface area contributed by atoms with Gasteiger partial charge in [-0.25, -0.2) is 4.79 Å². The number of amidine groups is 1. The summed E-state index contributed by atoms with van der Waals surface area (Å²) in [6, 6.07) is -0.400. The van der Waals surface area contributed by atoms with E-state index in [2.05, 4.69) is 37.7 Å². The summed E-state index contributed by atoms with van der Waals surface area (Å²) in [6.45, 7) is 16.0. The fraction of sp³-hybridized carbons (Fsp3) is 0.733. The average molecular weight is 561 g/mol. The molecule has 1 aliphatic heterocycles. The van der Waals surface area contributed by atoms with Crippen molar-refractivity contribution in [3.05, 3.63) is 23.9 Å². The standard InChI is InChI=1S/C30H44N2O6S/c1-9-28(6)14-21(38-22(34)15-39-27-31-18(4)23(19(5)32-27)26(36)37-8)29(7)16(2)10-12-30(17(3)25(28)35)13-11-20(33)24(29)30/h9,16-18,21,24-25,35H,1,10-15H2,2-8H3,(H,31,32)/t16-,17+,18?,21-,24+,25+,28-,29+,30+/m1/s1. The maximum Gasteiger partial charge on any atom is 0.337 e. The molecule has 0 radical (unpaired) electrons. The van der Waals surface area contributed by atoms with Crippen LogP contribution in [-0.2, 0) is 23.9 Å². The third-order valence-electron chi connectivity index (χ3n) is 10.7. The molecule has 3 saturated carbocycles. The highest BCUT2D eigenvalue weighted by Crippen LogP contribution is 2.68. The molecule has 0 amide bonds. The normalized spacial score (nSPS) is 41.9. The van der Waals surface area contributed by atoms with Crippen molar-refractivity contribution in [3.8, 4) is 0 Å². The molecule has 2 bridgehead atoms. The zero-order valence-corrected chi connectivity index (χ0v) is 25.2. The topological polar surface area (TPSA) is 114 Å². The van der Waals surface area contributed by atoms with Crippen molar-refractivity contribution in [3.63, 3.8) is 0 Å². The second-order valence-electron chi connectivity index (χ2n) is 12.6. The Morgan fingerprint density at radius 1 is 1.26 bits per heavy atom. The molecule has 39 heavy (non-hydrogen) atoms. The van der Waals surface area contributed by atoms with Gasteiger partial charge >= 0.3 is 11.9 Å². The summed E-state index contributed by atoms with van der Waals surface area (Å²) in [7, 11) is 1.34. The lowest BCUT2D eigenvalue weighted by atomic mass is 9.44. The average Bonchev–Trinajstić information content (AvgIpc) is 3.25. The number of hydrogen-bond acceptors (Lipinski definition) is 9. The molecule has 0 aromatic rings. The Hall–Kier alpha value is -2.13. The quantitative estimate of drug-likeness (QED) is 0.375. The number of carbonyl (C=O) groups excluding carboxylic acids is 3. The summed E-state index contributed by atoms with van der Waals surface area (Å²) in [5.41, 5.74) is -0.422. The lowest BCUT2D eigenvalue weighted by Crippen LogP contribution is -2.63. The predicted octanol–water partition coefficient (Wildman–Crippen LogP) is 4.42. The number of carbonyl (C=O) groups is 3. The molecule has 8 nitrogen and oxygen atoms in total. The van der Waals surface area contributed by atoms with E-state index in [1.165, 1.54) is 18.9 Å². The van der Waals surface area contributed by atoms with Gasteiger partial charge < -0.3 is 19.9 Å². The van der Waals surface area contributed by atoms with E-state index in [9.17, 15) is 19.5 Å². The smallest absolute Gasteiger partial charge is 0.337 e. The van der Waals surface area contributed by atoms with Gasteiger partial charge in [0.15, 0.2) is 5.17 Å². The minimum absolute atomic E-state index is 0.0217. The number of rotatable bonds is 5. The van der Waals surface area contributed by atoms with Crippen molar-refractivity contribution in [2.24, 2.45) is 39.0 Å². The van der Waals surface area contributed by atoms with Gasteiger partial charge in [0, 0.05) is 28.9 Å². The van der Waals surface area contributed by atoms with Gasteiger partial charge in [-0.15, -0.1) is 6.58 Å². The van der Waals surface area contributed by atoms with Gasteiger partial charge in [0.2, 0.25) is 0 Å². The predicted molar refractivity (Wildman–Crippen MR) is 152 cm³/mol. The van der Waals surface area contributed by atoms with E-state index in [-0.39, 0.29) is 34.7 Å². The van der Waals surface area contributed by atoms with Crippen LogP contribution in [0.25, 0.3) is 0 Å². The minimum Gasteiger partial charge on any atom is -0.466 e. The van der Waals surface area contributed by atoms with Crippen LogP contribution in [0.4, 0.5) is 0 Å². The highest BCUT2D eigenvalue weighted by Gasteiger charge is 2.68. The number of ketones is 1. The van der Waals surface area contributed by atoms with Crippen LogP contribution in [0.3, 0.4) is 0 Å². The SMILES string of the molecule is C=C[C@]1(C)C[C@@H](OC(=O)CSC2=NC(C)C(C(=O)OC)=C(C)N2)[C@]2(C)[C@H](C)CC[C@]3(CCC(=O)[C@H]32)[C@@H](C)[C@@H]1O. The highest BCUT2D eigenvalue weighted by atomic mass is 32.2. The van der Waals surface area contributed by atoms with Crippen LogP contribution >= 0.6 is 11.8 Å². The molecular weight excluding hydrogens is 516 g/mol. The van der Waals surface area contributed by atoms with Gasteiger partial charge in [-0.1, -0.05) is 45.5 Å². The van der Waals surface area contributed by atoms with Crippen LogP contribution in [0.2, 0.25) is 0 Å². The van der Waals surface area contributed by atoms with Crippen molar-refractivity contribution >= 4 is 34.7 Å². The van der Waals surface area contributed by atoms with Crippen molar-refractivity contribution in [1.29, 1.82) is 0 Å². The molecule has 4 rings (SSSR count). The third-order valence-corrected chi connectivity index (χ3v) is 11.6. The Morgan fingerprint density at radius 2 is 1.95 bits per heavy atom. The number of aliphatic hydroxyl groups excluding tert-OH is 1. The summed E-state index contributed by atoms with van der Waals surface area (Å²) in [5.74, 6) is -0.722. The monoisotopic (exact) mass is 560 g/mol. The molecular formula is C30H44N2O6S. The fourth-order valence-electron chi connectivity index (χ4n) is 8.14. The Labute approximate surface area is 236 Å². The molecule has 3 fully saturated rings. The molecule has 0 spiro atoms. The molecule has 1 heterocycles. The number of ether oxygens (including phenoxy) is 2. The molecule has 0 aromatic carbocycles. The molecule has 9 atom stereocenters. The van der Waals surface area contributed by atoms with Gasteiger partial charge in [0.05, 0.1) is 30.6 Å². The van der Waals surface area contributed by atoms with Crippen molar-refractivity contribution in [2.75, 3.05) is 12.9 Å². The number of aliphatic hydroxyl groups is 1. The maximum atomic E-state index is 13.5. The Kier molecular flexibility index (Phi) is 8.18. The van der Waals surface area contributed by atoms with Crippen LogP contribution in [0, 0.1) is 34.0 Å². The zero-order valence-electron chi connectivity index (χ0n) is 24.3. The van der Waals surface area contributed by atoms with E-state index in [0.717, 1.165) is 19.3 Å². The number of esters is 2. The van der Waals surface area contributed by atoms with E-state index in [1.807, 2.05) is 13.8 Å². The number of methoxy groups -OCH3 is 1. The first-order valence-corrected chi connectivity index (χ1v) is 15.0. The number of thioether (sulfide) groups is 1. The maximum absolute atomic E-state index is 13.5. The molecule has 3 aliphatic carbocycles. The highest BCUT2D eigenvalue weighted by molar-refractivity contribution is 8.14. The van der Waals surface area contributed by atoms with Gasteiger partial charge in [-0.3, -0.25) is 14.6 Å². The molecule has 2 N–H and O–H groups in total. The van der Waals surface area contributed by atoms with Crippen molar-refractivity contribution < 1.29 is 29.0 Å². The number of hydrogen-bond donors (Lipinski definition) is 2. The van der Waals surface area contributed by atoms with Gasteiger partial charge in [0.25, 0.3) is 0 Å². The first-order chi connectivity index (χ1) is 18.2. The number of aliphatic imine (C=N–C) groups is 1. The summed E-state index contributed by atoms with van der Waals surface area (Å²) in [4.78, 5) is 43.5. The van der Waals surface area contributed by atoms with E-state index >= 15 is 0 Å².